The normalized spacial score (nSPS) is 12.9. The number of benzene rings is 2. The van der Waals surface area contributed by atoms with Crippen molar-refractivity contribution in [3.8, 4) is 0 Å². The number of sulfone groups is 1. The largest absolute Gasteiger partial charge is 0.293 e. The standard InChI is InChI=1S/C16H15BrO3S/c1-2-15(16(18)12-7-4-3-5-8-12)21(19,20)14-10-6-9-13(17)11-14/h3-11,15H,2H2,1H3. The molecule has 0 fully saturated rings. The maximum atomic E-state index is 12.7. The first-order chi connectivity index (χ1) is 9.96. The van der Waals surface area contributed by atoms with Crippen LogP contribution in [0.25, 0.3) is 0 Å². The van der Waals surface area contributed by atoms with Crippen molar-refractivity contribution >= 4 is 31.6 Å². The molecule has 0 saturated carbocycles. The molecule has 0 N–H and O–H groups in total. The lowest BCUT2D eigenvalue weighted by atomic mass is 10.1. The quantitative estimate of drug-likeness (QED) is 0.754. The average Bonchev–Trinajstić information content (AvgIpc) is 2.48. The lowest BCUT2D eigenvalue weighted by molar-refractivity contribution is 0.0985. The molecule has 0 aliphatic carbocycles. The molecule has 110 valence electrons. The molecule has 0 amide bonds. The van der Waals surface area contributed by atoms with E-state index in [1.165, 1.54) is 12.1 Å². The molecule has 0 aliphatic rings. The second kappa shape index (κ2) is 6.54. The van der Waals surface area contributed by atoms with E-state index in [1.807, 2.05) is 0 Å². The summed E-state index contributed by atoms with van der Waals surface area (Å²) in [5.74, 6) is -0.363. The molecule has 2 aromatic rings. The molecule has 0 heterocycles. The number of rotatable bonds is 5. The lowest BCUT2D eigenvalue weighted by Crippen LogP contribution is -2.30. The molecule has 3 nitrogen and oxygen atoms in total. The fourth-order valence-electron chi connectivity index (χ4n) is 2.14. The average molecular weight is 367 g/mol. The van der Waals surface area contributed by atoms with Gasteiger partial charge in [0.15, 0.2) is 15.6 Å². The number of carbonyl (C=O) groups is 1. The SMILES string of the molecule is CCC(C(=O)c1ccccc1)S(=O)(=O)c1cccc(Br)c1. The van der Waals surface area contributed by atoms with Crippen molar-refractivity contribution in [3.63, 3.8) is 0 Å². The maximum Gasteiger partial charge on any atom is 0.188 e. The van der Waals surface area contributed by atoms with E-state index in [9.17, 15) is 13.2 Å². The van der Waals surface area contributed by atoms with Gasteiger partial charge >= 0.3 is 0 Å². The summed E-state index contributed by atoms with van der Waals surface area (Å²) in [6.45, 7) is 1.71. The van der Waals surface area contributed by atoms with E-state index in [1.54, 1.807) is 49.4 Å². The van der Waals surface area contributed by atoms with Crippen LogP contribution in [0, 0.1) is 0 Å². The molecule has 2 rings (SSSR count). The van der Waals surface area contributed by atoms with Crippen molar-refractivity contribution in [1.29, 1.82) is 0 Å². The second-order valence-corrected chi connectivity index (χ2v) is 7.68. The zero-order valence-corrected chi connectivity index (χ0v) is 13.9. The van der Waals surface area contributed by atoms with Crippen LogP contribution in [0.15, 0.2) is 64.0 Å². The van der Waals surface area contributed by atoms with Crippen LogP contribution in [-0.4, -0.2) is 19.5 Å². The second-order valence-electron chi connectivity index (χ2n) is 4.63. The van der Waals surface area contributed by atoms with Gasteiger partial charge in [-0.3, -0.25) is 4.79 Å². The third-order valence-corrected chi connectivity index (χ3v) is 5.92. The van der Waals surface area contributed by atoms with Crippen molar-refractivity contribution in [2.24, 2.45) is 0 Å². The smallest absolute Gasteiger partial charge is 0.188 e. The molecule has 0 radical (unpaired) electrons. The molecule has 0 bridgehead atoms. The van der Waals surface area contributed by atoms with Crippen LogP contribution in [0.1, 0.15) is 23.7 Å². The van der Waals surface area contributed by atoms with E-state index in [2.05, 4.69) is 15.9 Å². The van der Waals surface area contributed by atoms with Crippen LogP contribution in [0.3, 0.4) is 0 Å². The molecular weight excluding hydrogens is 352 g/mol. The van der Waals surface area contributed by atoms with E-state index in [4.69, 9.17) is 0 Å². The maximum absolute atomic E-state index is 12.7. The molecule has 21 heavy (non-hydrogen) atoms. The van der Waals surface area contributed by atoms with E-state index >= 15 is 0 Å². The number of hydrogen-bond donors (Lipinski definition) is 0. The van der Waals surface area contributed by atoms with Crippen LogP contribution < -0.4 is 0 Å². The van der Waals surface area contributed by atoms with Crippen LogP contribution in [-0.2, 0) is 9.84 Å². The van der Waals surface area contributed by atoms with Gasteiger partial charge in [-0.2, -0.15) is 0 Å². The molecule has 2 aromatic carbocycles. The summed E-state index contributed by atoms with van der Waals surface area (Å²) in [7, 11) is -3.70. The van der Waals surface area contributed by atoms with Gasteiger partial charge in [0.25, 0.3) is 0 Å². The summed E-state index contributed by atoms with van der Waals surface area (Å²) in [6, 6.07) is 15.0. The predicted octanol–water partition coefficient (Wildman–Crippen LogP) is 3.88. The molecule has 1 atom stereocenters. The van der Waals surface area contributed by atoms with Gasteiger partial charge < -0.3 is 0 Å². The van der Waals surface area contributed by atoms with Gasteiger partial charge in [-0.15, -0.1) is 0 Å². The lowest BCUT2D eigenvalue weighted by Gasteiger charge is -2.15. The van der Waals surface area contributed by atoms with Crippen molar-refractivity contribution in [2.45, 2.75) is 23.5 Å². The Morgan fingerprint density at radius 2 is 1.76 bits per heavy atom. The summed E-state index contributed by atoms with van der Waals surface area (Å²) in [6.07, 6.45) is 0.239. The summed E-state index contributed by atoms with van der Waals surface area (Å²) >= 11 is 3.26. The van der Waals surface area contributed by atoms with Crippen molar-refractivity contribution in [1.82, 2.24) is 0 Å². The van der Waals surface area contributed by atoms with E-state index < -0.39 is 15.1 Å². The summed E-state index contributed by atoms with van der Waals surface area (Å²) in [4.78, 5) is 12.7. The van der Waals surface area contributed by atoms with E-state index in [-0.39, 0.29) is 17.1 Å². The van der Waals surface area contributed by atoms with Gasteiger partial charge in [-0.25, -0.2) is 8.42 Å². The number of Topliss-reactive ketones (excluding diaryl/α,β-unsaturated/α-hetero) is 1. The third kappa shape index (κ3) is 3.41. The Kier molecular flexibility index (Phi) is 4.96. The highest BCUT2D eigenvalue weighted by molar-refractivity contribution is 9.10. The molecule has 5 heteroatoms. The zero-order chi connectivity index (χ0) is 15.5. The Balaban J connectivity index is 2.43. The Hall–Kier alpha value is -1.46. The van der Waals surface area contributed by atoms with Gasteiger partial charge in [-0.05, 0) is 24.6 Å². The fourth-order valence-corrected chi connectivity index (χ4v) is 4.44. The minimum absolute atomic E-state index is 0.160. The molecule has 0 aliphatic heterocycles. The van der Waals surface area contributed by atoms with Crippen LogP contribution in [0.5, 0.6) is 0 Å². The monoisotopic (exact) mass is 366 g/mol. The number of hydrogen-bond acceptors (Lipinski definition) is 3. The van der Waals surface area contributed by atoms with Crippen LogP contribution >= 0.6 is 15.9 Å². The van der Waals surface area contributed by atoms with Crippen molar-refractivity contribution in [3.05, 3.63) is 64.6 Å². The minimum Gasteiger partial charge on any atom is -0.293 e. The highest BCUT2D eigenvalue weighted by Gasteiger charge is 2.33. The molecule has 0 spiro atoms. The first-order valence-electron chi connectivity index (χ1n) is 6.55. The Bertz CT molecular complexity index is 739. The van der Waals surface area contributed by atoms with E-state index in [0.717, 1.165) is 0 Å². The highest BCUT2D eigenvalue weighted by atomic mass is 79.9. The first kappa shape index (κ1) is 15.9. The van der Waals surface area contributed by atoms with Crippen LogP contribution in [0.2, 0.25) is 0 Å². The zero-order valence-electron chi connectivity index (χ0n) is 11.5. The minimum atomic E-state index is -3.70. The summed E-state index contributed by atoms with van der Waals surface area (Å²) < 4.78 is 26.0. The number of carbonyl (C=O) groups excluding carboxylic acids is 1. The summed E-state index contributed by atoms with van der Waals surface area (Å²) in [5, 5.41) is -1.06. The number of ketones is 1. The molecule has 0 saturated heterocycles. The Morgan fingerprint density at radius 3 is 2.33 bits per heavy atom. The van der Waals surface area contributed by atoms with Gasteiger partial charge in [0.2, 0.25) is 0 Å². The molecule has 0 aromatic heterocycles. The predicted molar refractivity (Wildman–Crippen MR) is 86.2 cm³/mol. The van der Waals surface area contributed by atoms with Crippen molar-refractivity contribution < 1.29 is 13.2 Å². The third-order valence-electron chi connectivity index (χ3n) is 3.22. The van der Waals surface area contributed by atoms with Gasteiger partial charge in [0.1, 0.15) is 5.25 Å². The highest BCUT2D eigenvalue weighted by Crippen LogP contribution is 2.24. The van der Waals surface area contributed by atoms with Gasteiger partial charge in [-0.1, -0.05) is 59.3 Å². The van der Waals surface area contributed by atoms with Gasteiger partial charge in [0, 0.05) is 10.0 Å². The molecule has 1 unspecified atom stereocenters. The van der Waals surface area contributed by atoms with Gasteiger partial charge in [0.05, 0.1) is 4.90 Å². The van der Waals surface area contributed by atoms with E-state index in [0.29, 0.717) is 10.0 Å². The fraction of sp³-hybridized carbons (Fsp3) is 0.188. The topological polar surface area (TPSA) is 51.2 Å². The summed E-state index contributed by atoms with van der Waals surface area (Å²) in [5.41, 5.74) is 0.419. The van der Waals surface area contributed by atoms with Crippen molar-refractivity contribution in [2.75, 3.05) is 0 Å². The molecular formula is C16H15BrO3S. The number of halogens is 1. The Morgan fingerprint density at radius 1 is 1.10 bits per heavy atom. The Labute approximate surface area is 133 Å². The van der Waals surface area contributed by atoms with Crippen LogP contribution in [0.4, 0.5) is 0 Å². The first-order valence-corrected chi connectivity index (χ1v) is 8.89.